The van der Waals surface area contributed by atoms with E-state index in [9.17, 15) is 9.59 Å². The van der Waals surface area contributed by atoms with Crippen molar-refractivity contribution in [2.45, 2.75) is 59.8 Å². The van der Waals surface area contributed by atoms with Crippen molar-refractivity contribution >= 4 is 39.0 Å². The minimum absolute atomic E-state index is 0.0835. The third-order valence-electron chi connectivity index (χ3n) is 5.12. The Balaban J connectivity index is 2.18. The van der Waals surface area contributed by atoms with Gasteiger partial charge < -0.3 is 10.1 Å². The van der Waals surface area contributed by atoms with Crippen LogP contribution in [0.4, 0.5) is 0 Å². The average molecular weight is 452 g/mol. The Labute approximate surface area is 173 Å². The summed E-state index contributed by atoms with van der Waals surface area (Å²) < 4.78 is 6.38. The Morgan fingerprint density at radius 1 is 1.37 bits per heavy atom. The Morgan fingerprint density at radius 2 is 2.07 bits per heavy atom. The molecule has 0 saturated carbocycles. The molecule has 1 aromatic rings. The number of carbonyl (C=O) groups excluding carboxylic acids is 2. The van der Waals surface area contributed by atoms with Gasteiger partial charge in [0.15, 0.2) is 5.78 Å². The highest BCUT2D eigenvalue weighted by Crippen LogP contribution is 2.49. The summed E-state index contributed by atoms with van der Waals surface area (Å²) in [5.74, 6) is -0.583. The Kier molecular flexibility index (Phi) is 5.69. The maximum atomic E-state index is 13.1. The van der Waals surface area contributed by atoms with Crippen LogP contribution in [0.15, 0.2) is 33.1 Å². The zero-order chi connectivity index (χ0) is 19.9. The predicted octanol–water partition coefficient (Wildman–Crippen LogP) is 5.24. The number of esters is 1. The van der Waals surface area contributed by atoms with E-state index in [4.69, 9.17) is 4.74 Å². The highest BCUT2D eigenvalue weighted by atomic mass is 79.9. The van der Waals surface area contributed by atoms with Gasteiger partial charge in [0.2, 0.25) is 0 Å². The molecular formula is C21H26BrNO3S. The lowest BCUT2D eigenvalue weighted by Gasteiger charge is -2.39. The molecule has 4 nitrogen and oxygen atoms in total. The molecule has 0 spiro atoms. The Morgan fingerprint density at radius 3 is 2.67 bits per heavy atom. The third-order valence-corrected chi connectivity index (χ3v) is 7.43. The van der Waals surface area contributed by atoms with Crippen LogP contribution in [-0.2, 0) is 20.7 Å². The van der Waals surface area contributed by atoms with E-state index in [1.165, 1.54) is 4.88 Å². The lowest BCUT2D eigenvalue weighted by Crippen LogP contribution is -2.38. The summed E-state index contributed by atoms with van der Waals surface area (Å²) in [6.07, 6.45) is 2.19. The maximum absolute atomic E-state index is 13.1. The maximum Gasteiger partial charge on any atom is 0.336 e. The van der Waals surface area contributed by atoms with Gasteiger partial charge in [0.05, 0.1) is 18.1 Å². The van der Waals surface area contributed by atoms with Crippen molar-refractivity contribution in [1.82, 2.24) is 5.32 Å². The van der Waals surface area contributed by atoms with Crippen molar-refractivity contribution < 1.29 is 14.3 Å². The van der Waals surface area contributed by atoms with Gasteiger partial charge in [-0.05, 0) is 54.1 Å². The van der Waals surface area contributed by atoms with Gasteiger partial charge in [-0.15, -0.1) is 11.3 Å². The number of halogens is 1. The van der Waals surface area contributed by atoms with Gasteiger partial charge in [0.25, 0.3) is 0 Å². The first-order valence-corrected chi connectivity index (χ1v) is 11.0. The van der Waals surface area contributed by atoms with Crippen LogP contribution < -0.4 is 5.32 Å². The molecule has 0 saturated heterocycles. The van der Waals surface area contributed by atoms with Gasteiger partial charge in [0, 0.05) is 37.6 Å². The van der Waals surface area contributed by atoms with E-state index in [1.807, 2.05) is 6.92 Å². The number of ketones is 1. The number of rotatable bonds is 4. The molecule has 1 atom stereocenters. The lowest BCUT2D eigenvalue weighted by molar-refractivity contribution is -0.138. The van der Waals surface area contributed by atoms with E-state index in [0.29, 0.717) is 18.6 Å². The largest absolute Gasteiger partial charge is 0.463 e. The molecule has 0 aromatic carbocycles. The number of Topliss-reactive ketones (excluding diaryl/α,β-unsaturated/α-hetero) is 1. The van der Waals surface area contributed by atoms with E-state index < -0.39 is 0 Å². The molecule has 3 rings (SSSR count). The molecule has 1 aliphatic carbocycles. The first kappa shape index (κ1) is 20.3. The first-order chi connectivity index (χ1) is 12.7. The Bertz CT molecular complexity index is 863. The van der Waals surface area contributed by atoms with Crippen LogP contribution >= 0.6 is 27.3 Å². The SMILES string of the molecule is CCOC(=O)C1=C(C)NC2=C(C(=O)CC(C)(C)C2)C1c1cc(Br)c(CC)s1. The fraction of sp³-hybridized carbons (Fsp3) is 0.524. The molecule has 0 bridgehead atoms. The topological polar surface area (TPSA) is 55.4 Å². The minimum Gasteiger partial charge on any atom is -0.463 e. The van der Waals surface area contributed by atoms with Gasteiger partial charge >= 0.3 is 5.97 Å². The van der Waals surface area contributed by atoms with Gasteiger partial charge in [-0.1, -0.05) is 20.8 Å². The van der Waals surface area contributed by atoms with Crippen LogP contribution in [-0.4, -0.2) is 18.4 Å². The van der Waals surface area contributed by atoms with Crippen LogP contribution in [0.1, 0.15) is 63.1 Å². The molecular weight excluding hydrogens is 426 g/mol. The number of nitrogens with one attached hydrogen (secondary N) is 1. The van der Waals surface area contributed by atoms with Crippen LogP contribution in [0.25, 0.3) is 0 Å². The fourth-order valence-electron chi connectivity index (χ4n) is 4.01. The van der Waals surface area contributed by atoms with Crippen molar-refractivity contribution in [2.24, 2.45) is 5.41 Å². The van der Waals surface area contributed by atoms with Crippen LogP contribution in [0.3, 0.4) is 0 Å². The Hall–Kier alpha value is -1.40. The fourth-order valence-corrected chi connectivity index (χ4v) is 6.05. The molecule has 1 unspecified atom stereocenters. The molecule has 0 radical (unpaired) electrons. The summed E-state index contributed by atoms with van der Waals surface area (Å²) in [5, 5.41) is 3.36. The highest BCUT2D eigenvalue weighted by Gasteiger charge is 2.43. The number of thiophene rings is 1. The highest BCUT2D eigenvalue weighted by molar-refractivity contribution is 9.10. The molecule has 1 aliphatic heterocycles. The average Bonchev–Trinajstić information content (AvgIpc) is 2.93. The monoisotopic (exact) mass is 451 g/mol. The second kappa shape index (κ2) is 7.55. The summed E-state index contributed by atoms with van der Waals surface area (Å²) in [6, 6.07) is 2.06. The summed E-state index contributed by atoms with van der Waals surface area (Å²) in [7, 11) is 0. The van der Waals surface area contributed by atoms with E-state index in [0.717, 1.165) is 39.2 Å². The number of aryl methyl sites for hydroxylation is 1. The van der Waals surface area contributed by atoms with Crippen molar-refractivity contribution in [3.05, 3.63) is 42.8 Å². The minimum atomic E-state index is -0.356. The molecule has 0 amide bonds. The van der Waals surface area contributed by atoms with Crippen LogP contribution in [0.2, 0.25) is 0 Å². The number of allylic oxidation sites excluding steroid dienone is 3. The second-order valence-electron chi connectivity index (χ2n) is 7.92. The molecule has 27 heavy (non-hydrogen) atoms. The summed E-state index contributed by atoms with van der Waals surface area (Å²) in [5.41, 5.74) is 2.94. The zero-order valence-electron chi connectivity index (χ0n) is 16.5. The van der Waals surface area contributed by atoms with Gasteiger partial charge in [-0.3, -0.25) is 4.79 Å². The molecule has 1 N–H and O–H groups in total. The van der Waals surface area contributed by atoms with Gasteiger partial charge in [-0.2, -0.15) is 0 Å². The van der Waals surface area contributed by atoms with E-state index in [2.05, 4.69) is 48.1 Å². The normalized spacial score (nSPS) is 21.9. The smallest absolute Gasteiger partial charge is 0.336 e. The molecule has 146 valence electrons. The standard InChI is InChI=1S/C21H26BrNO3S/c1-6-15-12(22)8-16(27-15)19-17(20(25)26-7-2)11(3)23-13-9-21(4,5)10-14(24)18(13)19/h8,19,23H,6-7,9-10H2,1-5H3. The number of hydrogen-bond acceptors (Lipinski definition) is 5. The second-order valence-corrected chi connectivity index (χ2v) is 9.95. The summed E-state index contributed by atoms with van der Waals surface area (Å²) in [4.78, 5) is 28.2. The molecule has 2 aliphatic rings. The lowest BCUT2D eigenvalue weighted by atomic mass is 9.70. The predicted molar refractivity (Wildman–Crippen MR) is 112 cm³/mol. The van der Waals surface area contributed by atoms with Gasteiger partial charge in [0.1, 0.15) is 0 Å². The van der Waals surface area contributed by atoms with Crippen molar-refractivity contribution in [3.8, 4) is 0 Å². The molecule has 6 heteroatoms. The first-order valence-electron chi connectivity index (χ1n) is 9.37. The van der Waals surface area contributed by atoms with Crippen LogP contribution in [0.5, 0.6) is 0 Å². The quantitative estimate of drug-likeness (QED) is 0.635. The van der Waals surface area contributed by atoms with E-state index in [1.54, 1.807) is 18.3 Å². The number of hydrogen-bond donors (Lipinski definition) is 1. The van der Waals surface area contributed by atoms with Crippen LogP contribution in [0, 0.1) is 5.41 Å². The van der Waals surface area contributed by atoms with Crippen molar-refractivity contribution in [1.29, 1.82) is 0 Å². The summed E-state index contributed by atoms with van der Waals surface area (Å²) in [6.45, 7) is 10.3. The number of ether oxygens (including phenoxy) is 1. The molecule has 2 heterocycles. The molecule has 1 aromatic heterocycles. The van der Waals surface area contributed by atoms with Crippen molar-refractivity contribution in [3.63, 3.8) is 0 Å². The van der Waals surface area contributed by atoms with E-state index >= 15 is 0 Å². The zero-order valence-corrected chi connectivity index (χ0v) is 18.9. The van der Waals surface area contributed by atoms with Gasteiger partial charge in [-0.25, -0.2) is 4.79 Å². The number of dihydropyridines is 1. The van der Waals surface area contributed by atoms with Crippen molar-refractivity contribution in [2.75, 3.05) is 6.61 Å². The summed E-state index contributed by atoms with van der Waals surface area (Å²) >= 11 is 5.29. The molecule has 0 fully saturated rings. The van der Waals surface area contributed by atoms with E-state index in [-0.39, 0.29) is 23.1 Å². The number of carbonyl (C=O) groups is 2. The third kappa shape index (κ3) is 3.79.